The fourth-order valence-electron chi connectivity index (χ4n) is 2.25. The van der Waals surface area contributed by atoms with E-state index in [1.165, 1.54) is 0 Å². The molecular weight excluding hydrogens is 274 g/mol. The smallest absolute Gasteiger partial charge is 0.328 e. The van der Waals surface area contributed by atoms with Crippen LogP contribution in [0.2, 0.25) is 0 Å². The molecule has 3 heteroatoms. The van der Waals surface area contributed by atoms with E-state index in [0.29, 0.717) is 12.5 Å². The molecule has 3 nitrogen and oxygen atoms in total. The molecule has 0 bridgehead atoms. The van der Waals surface area contributed by atoms with Crippen molar-refractivity contribution in [3.05, 3.63) is 66.2 Å². The highest BCUT2D eigenvalue weighted by atomic mass is 16.5. The van der Waals surface area contributed by atoms with E-state index in [2.05, 4.69) is 19.2 Å². The Morgan fingerprint density at radius 1 is 1.00 bits per heavy atom. The van der Waals surface area contributed by atoms with Crippen LogP contribution in [-0.4, -0.2) is 12.0 Å². The van der Waals surface area contributed by atoms with Crippen LogP contribution in [0, 0.1) is 5.92 Å². The van der Waals surface area contributed by atoms with E-state index in [4.69, 9.17) is 4.74 Å². The summed E-state index contributed by atoms with van der Waals surface area (Å²) in [5, 5.41) is 3.27. The van der Waals surface area contributed by atoms with Crippen LogP contribution >= 0.6 is 0 Å². The lowest BCUT2D eigenvalue weighted by atomic mass is 10.0. The van der Waals surface area contributed by atoms with Gasteiger partial charge in [0.05, 0.1) is 0 Å². The number of rotatable bonds is 7. The minimum atomic E-state index is -0.328. The minimum absolute atomic E-state index is 0.207. The number of hydrogen-bond acceptors (Lipinski definition) is 3. The van der Waals surface area contributed by atoms with Crippen LogP contribution in [0.3, 0.4) is 0 Å². The Hall–Kier alpha value is -2.29. The van der Waals surface area contributed by atoms with Crippen LogP contribution in [0.5, 0.6) is 0 Å². The monoisotopic (exact) mass is 297 g/mol. The Morgan fingerprint density at radius 3 is 2.18 bits per heavy atom. The Labute approximate surface area is 132 Å². The first-order chi connectivity index (χ1) is 10.6. The second kappa shape index (κ2) is 8.23. The van der Waals surface area contributed by atoms with Crippen LogP contribution in [-0.2, 0) is 16.1 Å². The number of hydrogen-bond donors (Lipinski definition) is 1. The van der Waals surface area contributed by atoms with Crippen molar-refractivity contribution in [1.29, 1.82) is 0 Å². The highest BCUT2D eigenvalue weighted by Crippen LogP contribution is 2.15. The van der Waals surface area contributed by atoms with E-state index in [1.54, 1.807) is 0 Å². The molecule has 22 heavy (non-hydrogen) atoms. The maximum absolute atomic E-state index is 12.4. The first kappa shape index (κ1) is 16.1. The van der Waals surface area contributed by atoms with E-state index >= 15 is 0 Å². The molecule has 0 spiro atoms. The number of nitrogens with one attached hydrogen (secondary N) is 1. The van der Waals surface area contributed by atoms with Gasteiger partial charge in [0, 0.05) is 5.69 Å². The average molecular weight is 297 g/mol. The summed E-state index contributed by atoms with van der Waals surface area (Å²) < 4.78 is 5.46. The van der Waals surface area contributed by atoms with Gasteiger partial charge in [-0.2, -0.15) is 0 Å². The molecule has 1 atom stereocenters. The number of para-hydroxylation sites is 1. The molecule has 0 aliphatic heterocycles. The average Bonchev–Trinajstić information content (AvgIpc) is 2.53. The quantitative estimate of drug-likeness (QED) is 0.776. The van der Waals surface area contributed by atoms with Crippen LogP contribution in [0.1, 0.15) is 25.8 Å². The molecule has 1 unspecified atom stereocenters. The van der Waals surface area contributed by atoms with Crippen molar-refractivity contribution in [3.63, 3.8) is 0 Å². The van der Waals surface area contributed by atoms with E-state index in [9.17, 15) is 4.79 Å². The van der Waals surface area contributed by atoms with Gasteiger partial charge < -0.3 is 10.1 Å². The summed E-state index contributed by atoms with van der Waals surface area (Å²) in [4.78, 5) is 12.4. The molecule has 0 aromatic heterocycles. The lowest BCUT2D eigenvalue weighted by molar-refractivity contribution is -0.146. The minimum Gasteiger partial charge on any atom is -0.459 e. The summed E-state index contributed by atoms with van der Waals surface area (Å²) in [6.45, 7) is 4.51. The SMILES string of the molecule is CC(C)CC(Nc1ccccc1)C(=O)OCc1ccccc1. The fourth-order valence-corrected chi connectivity index (χ4v) is 2.25. The van der Waals surface area contributed by atoms with E-state index in [0.717, 1.165) is 17.7 Å². The van der Waals surface area contributed by atoms with Crippen molar-refractivity contribution in [2.24, 2.45) is 5.92 Å². The van der Waals surface area contributed by atoms with E-state index in [1.807, 2.05) is 60.7 Å². The highest BCUT2D eigenvalue weighted by molar-refractivity contribution is 5.79. The van der Waals surface area contributed by atoms with E-state index < -0.39 is 0 Å². The fraction of sp³-hybridized carbons (Fsp3) is 0.316. The van der Waals surface area contributed by atoms with Gasteiger partial charge in [-0.25, -0.2) is 4.79 Å². The number of benzene rings is 2. The Bertz CT molecular complexity index is 567. The summed E-state index contributed by atoms with van der Waals surface area (Å²) in [5.41, 5.74) is 1.93. The van der Waals surface area contributed by atoms with Gasteiger partial charge >= 0.3 is 5.97 Å². The lowest BCUT2D eigenvalue weighted by Crippen LogP contribution is -2.32. The molecule has 116 valence electrons. The molecule has 0 aliphatic rings. The van der Waals surface area contributed by atoms with Crippen molar-refractivity contribution in [2.45, 2.75) is 32.9 Å². The van der Waals surface area contributed by atoms with Gasteiger partial charge in [-0.15, -0.1) is 0 Å². The first-order valence-corrected chi connectivity index (χ1v) is 7.67. The lowest BCUT2D eigenvalue weighted by Gasteiger charge is -2.20. The molecule has 2 aromatic carbocycles. The van der Waals surface area contributed by atoms with Crippen molar-refractivity contribution in [2.75, 3.05) is 5.32 Å². The first-order valence-electron chi connectivity index (χ1n) is 7.67. The molecule has 0 saturated heterocycles. The van der Waals surface area contributed by atoms with Crippen LogP contribution in [0.25, 0.3) is 0 Å². The summed E-state index contributed by atoms with van der Waals surface area (Å²) in [7, 11) is 0. The molecule has 0 radical (unpaired) electrons. The summed E-state index contributed by atoms with van der Waals surface area (Å²) in [6, 6.07) is 19.2. The predicted molar refractivity (Wildman–Crippen MR) is 89.5 cm³/mol. The summed E-state index contributed by atoms with van der Waals surface area (Å²) in [6.07, 6.45) is 0.739. The van der Waals surface area contributed by atoms with Gasteiger partial charge in [-0.05, 0) is 30.0 Å². The van der Waals surface area contributed by atoms with Gasteiger partial charge in [0.2, 0.25) is 0 Å². The van der Waals surface area contributed by atoms with Gasteiger partial charge in [0.25, 0.3) is 0 Å². The Kier molecular flexibility index (Phi) is 6.01. The molecule has 2 rings (SSSR count). The van der Waals surface area contributed by atoms with Gasteiger partial charge in [0.1, 0.15) is 12.6 Å². The topological polar surface area (TPSA) is 38.3 Å². The third-order valence-electron chi connectivity index (χ3n) is 3.33. The van der Waals surface area contributed by atoms with Crippen molar-refractivity contribution in [1.82, 2.24) is 0 Å². The summed E-state index contributed by atoms with van der Waals surface area (Å²) in [5.74, 6) is 0.201. The van der Waals surface area contributed by atoms with Gasteiger partial charge in [-0.1, -0.05) is 62.4 Å². The predicted octanol–water partition coefficient (Wildman–Crippen LogP) is 4.26. The molecule has 1 N–H and O–H groups in total. The second-order valence-electron chi connectivity index (χ2n) is 5.79. The van der Waals surface area contributed by atoms with Gasteiger partial charge in [0.15, 0.2) is 0 Å². The van der Waals surface area contributed by atoms with Crippen LogP contribution in [0.15, 0.2) is 60.7 Å². The largest absolute Gasteiger partial charge is 0.459 e. The molecule has 0 heterocycles. The Morgan fingerprint density at radius 2 is 1.59 bits per heavy atom. The standard InChI is InChI=1S/C19H23NO2/c1-15(2)13-18(20-17-11-7-4-8-12-17)19(21)22-14-16-9-5-3-6-10-16/h3-12,15,18,20H,13-14H2,1-2H3. The van der Waals surface area contributed by atoms with Crippen LogP contribution in [0.4, 0.5) is 5.69 Å². The number of carbonyl (C=O) groups is 1. The van der Waals surface area contributed by atoms with Crippen molar-refractivity contribution >= 4 is 11.7 Å². The highest BCUT2D eigenvalue weighted by Gasteiger charge is 2.21. The second-order valence-corrected chi connectivity index (χ2v) is 5.79. The summed E-state index contributed by atoms with van der Waals surface area (Å²) >= 11 is 0. The van der Waals surface area contributed by atoms with Crippen molar-refractivity contribution < 1.29 is 9.53 Å². The third kappa shape index (κ3) is 5.24. The molecular formula is C19H23NO2. The molecule has 0 saturated carbocycles. The zero-order chi connectivity index (χ0) is 15.8. The maximum atomic E-state index is 12.4. The number of anilines is 1. The molecule has 0 fully saturated rings. The van der Waals surface area contributed by atoms with Crippen molar-refractivity contribution in [3.8, 4) is 0 Å². The Balaban J connectivity index is 1.96. The maximum Gasteiger partial charge on any atom is 0.328 e. The number of carbonyl (C=O) groups excluding carboxylic acids is 1. The normalized spacial score (nSPS) is 12.0. The molecule has 2 aromatic rings. The molecule has 0 aliphatic carbocycles. The third-order valence-corrected chi connectivity index (χ3v) is 3.33. The molecule has 0 amide bonds. The number of ether oxygens (including phenoxy) is 1. The van der Waals surface area contributed by atoms with E-state index in [-0.39, 0.29) is 12.0 Å². The van der Waals surface area contributed by atoms with Gasteiger partial charge in [-0.3, -0.25) is 0 Å². The zero-order valence-electron chi connectivity index (χ0n) is 13.2. The zero-order valence-corrected chi connectivity index (χ0v) is 13.2. The van der Waals surface area contributed by atoms with Crippen LogP contribution < -0.4 is 5.32 Å². The number of esters is 1.